The van der Waals surface area contributed by atoms with Gasteiger partial charge in [-0.2, -0.15) is 0 Å². The summed E-state index contributed by atoms with van der Waals surface area (Å²) >= 11 is 0. The highest BCUT2D eigenvalue weighted by molar-refractivity contribution is 5.55. The average molecular weight is 204 g/mol. The van der Waals surface area contributed by atoms with E-state index in [9.17, 15) is 4.79 Å². The van der Waals surface area contributed by atoms with Crippen molar-refractivity contribution < 1.29 is 9.53 Å². The molecule has 2 atom stereocenters. The molecule has 1 aromatic rings. The van der Waals surface area contributed by atoms with Crippen molar-refractivity contribution in [1.82, 2.24) is 0 Å². The van der Waals surface area contributed by atoms with Crippen LogP contribution in [0.1, 0.15) is 18.1 Å². The van der Waals surface area contributed by atoms with Crippen LogP contribution < -0.4 is 4.74 Å². The van der Waals surface area contributed by atoms with E-state index in [2.05, 4.69) is 6.07 Å². The SMILES string of the molecule is COc1cccc2c1CC(C(C)C=O)C2. The van der Waals surface area contributed by atoms with E-state index in [1.54, 1.807) is 7.11 Å². The van der Waals surface area contributed by atoms with Crippen LogP contribution in [0.5, 0.6) is 5.75 Å². The molecular formula is C13H16O2. The lowest BCUT2D eigenvalue weighted by molar-refractivity contribution is -0.111. The van der Waals surface area contributed by atoms with Gasteiger partial charge in [-0.3, -0.25) is 0 Å². The first-order valence-corrected chi connectivity index (χ1v) is 5.36. The van der Waals surface area contributed by atoms with E-state index >= 15 is 0 Å². The predicted octanol–water partition coefficient (Wildman–Crippen LogP) is 2.25. The summed E-state index contributed by atoms with van der Waals surface area (Å²) in [6, 6.07) is 6.15. The van der Waals surface area contributed by atoms with Gasteiger partial charge >= 0.3 is 0 Å². The van der Waals surface area contributed by atoms with Crippen molar-refractivity contribution in [2.45, 2.75) is 19.8 Å². The molecule has 2 nitrogen and oxygen atoms in total. The lowest BCUT2D eigenvalue weighted by atomic mass is 9.93. The fourth-order valence-electron chi connectivity index (χ4n) is 2.32. The maximum atomic E-state index is 10.8. The Bertz CT molecular complexity index is 371. The van der Waals surface area contributed by atoms with Crippen LogP contribution in [-0.4, -0.2) is 13.4 Å². The Balaban J connectivity index is 2.26. The number of benzene rings is 1. The standard InChI is InChI=1S/C13H16O2/c1-9(8-14)11-6-10-4-3-5-13(15-2)12(10)7-11/h3-5,8-9,11H,6-7H2,1-2H3. The van der Waals surface area contributed by atoms with Gasteiger partial charge in [0.2, 0.25) is 0 Å². The molecule has 0 bridgehead atoms. The van der Waals surface area contributed by atoms with Crippen LogP contribution >= 0.6 is 0 Å². The summed E-state index contributed by atoms with van der Waals surface area (Å²) < 4.78 is 5.33. The molecule has 2 rings (SSSR count). The monoisotopic (exact) mass is 204 g/mol. The van der Waals surface area contributed by atoms with Crippen LogP contribution in [0.25, 0.3) is 0 Å². The van der Waals surface area contributed by atoms with Gasteiger partial charge in [0.1, 0.15) is 12.0 Å². The smallest absolute Gasteiger partial charge is 0.123 e. The van der Waals surface area contributed by atoms with Crippen LogP contribution in [0.3, 0.4) is 0 Å². The molecule has 0 fully saturated rings. The van der Waals surface area contributed by atoms with E-state index in [0.717, 1.165) is 24.9 Å². The number of carbonyl (C=O) groups is 1. The number of fused-ring (bicyclic) bond motifs is 1. The molecule has 80 valence electrons. The first-order chi connectivity index (χ1) is 7.26. The number of carbonyl (C=O) groups excluding carboxylic acids is 1. The van der Waals surface area contributed by atoms with E-state index in [1.165, 1.54) is 11.1 Å². The Morgan fingerprint density at radius 1 is 1.47 bits per heavy atom. The summed E-state index contributed by atoms with van der Waals surface area (Å²) in [6.07, 6.45) is 3.04. The molecule has 0 radical (unpaired) electrons. The van der Waals surface area contributed by atoms with Crippen molar-refractivity contribution in [1.29, 1.82) is 0 Å². The number of hydrogen-bond donors (Lipinski definition) is 0. The topological polar surface area (TPSA) is 26.3 Å². The van der Waals surface area contributed by atoms with Gasteiger partial charge in [-0.1, -0.05) is 19.1 Å². The lowest BCUT2D eigenvalue weighted by Crippen LogP contribution is -2.12. The van der Waals surface area contributed by atoms with E-state index < -0.39 is 0 Å². The van der Waals surface area contributed by atoms with Crippen molar-refractivity contribution in [2.24, 2.45) is 11.8 Å². The molecule has 0 saturated carbocycles. The first kappa shape index (κ1) is 10.2. The van der Waals surface area contributed by atoms with Gasteiger partial charge in [0, 0.05) is 5.92 Å². The summed E-state index contributed by atoms with van der Waals surface area (Å²) in [5.41, 5.74) is 2.63. The molecule has 0 saturated heterocycles. The Kier molecular flexibility index (Phi) is 2.76. The van der Waals surface area contributed by atoms with Crippen molar-refractivity contribution in [2.75, 3.05) is 7.11 Å². The molecule has 2 heteroatoms. The van der Waals surface area contributed by atoms with Gasteiger partial charge in [0.25, 0.3) is 0 Å². The molecule has 0 N–H and O–H groups in total. The maximum Gasteiger partial charge on any atom is 0.123 e. The molecule has 0 heterocycles. The normalized spacial score (nSPS) is 20.8. The predicted molar refractivity (Wildman–Crippen MR) is 59.1 cm³/mol. The Hall–Kier alpha value is -1.31. The van der Waals surface area contributed by atoms with Crippen molar-refractivity contribution >= 4 is 6.29 Å². The minimum absolute atomic E-state index is 0.141. The zero-order valence-electron chi connectivity index (χ0n) is 9.19. The summed E-state index contributed by atoms with van der Waals surface area (Å²) in [4.78, 5) is 10.8. The molecule has 0 aliphatic heterocycles. The van der Waals surface area contributed by atoms with Crippen LogP contribution in [0.2, 0.25) is 0 Å². The van der Waals surface area contributed by atoms with Gasteiger partial charge < -0.3 is 9.53 Å². The molecular weight excluding hydrogens is 188 g/mol. The fraction of sp³-hybridized carbons (Fsp3) is 0.462. The van der Waals surface area contributed by atoms with E-state index in [4.69, 9.17) is 4.74 Å². The Morgan fingerprint density at radius 3 is 2.93 bits per heavy atom. The first-order valence-electron chi connectivity index (χ1n) is 5.36. The van der Waals surface area contributed by atoms with E-state index in [0.29, 0.717) is 5.92 Å². The number of rotatable bonds is 3. The second-order valence-electron chi connectivity index (χ2n) is 4.26. The summed E-state index contributed by atoms with van der Waals surface area (Å²) in [5, 5.41) is 0. The highest BCUT2D eigenvalue weighted by atomic mass is 16.5. The molecule has 0 amide bonds. The number of methoxy groups -OCH3 is 1. The molecule has 1 aliphatic rings. The minimum Gasteiger partial charge on any atom is -0.496 e. The highest BCUT2D eigenvalue weighted by Crippen LogP contribution is 2.36. The van der Waals surface area contributed by atoms with Gasteiger partial charge in [0.15, 0.2) is 0 Å². The summed E-state index contributed by atoms with van der Waals surface area (Å²) in [7, 11) is 1.70. The van der Waals surface area contributed by atoms with Gasteiger partial charge in [0.05, 0.1) is 7.11 Å². The van der Waals surface area contributed by atoms with Crippen molar-refractivity contribution in [3.05, 3.63) is 29.3 Å². The highest BCUT2D eigenvalue weighted by Gasteiger charge is 2.27. The fourth-order valence-corrected chi connectivity index (χ4v) is 2.32. The second-order valence-corrected chi connectivity index (χ2v) is 4.26. The van der Waals surface area contributed by atoms with Crippen LogP contribution in [0, 0.1) is 11.8 Å². The zero-order valence-corrected chi connectivity index (χ0v) is 9.19. The summed E-state index contributed by atoms with van der Waals surface area (Å²) in [5.74, 6) is 1.56. The molecule has 0 aromatic heterocycles. The zero-order chi connectivity index (χ0) is 10.8. The lowest BCUT2D eigenvalue weighted by Gasteiger charge is -2.11. The average Bonchev–Trinajstić information content (AvgIpc) is 2.71. The second kappa shape index (κ2) is 4.05. The third-order valence-corrected chi connectivity index (χ3v) is 3.36. The van der Waals surface area contributed by atoms with Gasteiger partial charge in [-0.15, -0.1) is 0 Å². The maximum absolute atomic E-state index is 10.8. The van der Waals surface area contributed by atoms with E-state index in [1.807, 2.05) is 19.1 Å². The molecule has 1 aliphatic carbocycles. The Labute approximate surface area is 90.3 Å². The van der Waals surface area contributed by atoms with Crippen LogP contribution in [0.15, 0.2) is 18.2 Å². The number of aldehydes is 1. The van der Waals surface area contributed by atoms with E-state index in [-0.39, 0.29) is 5.92 Å². The number of ether oxygens (including phenoxy) is 1. The molecule has 0 spiro atoms. The molecule has 15 heavy (non-hydrogen) atoms. The quantitative estimate of drug-likeness (QED) is 0.706. The molecule has 1 aromatic carbocycles. The largest absolute Gasteiger partial charge is 0.496 e. The third-order valence-electron chi connectivity index (χ3n) is 3.36. The van der Waals surface area contributed by atoms with Gasteiger partial charge in [-0.05, 0) is 36.0 Å². The summed E-state index contributed by atoms with van der Waals surface area (Å²) in [6.45, 7) is 2.00. The van der Waals surface area contributed by atoms with Gasteiger partial charge in [-0.25, -0.2) is 0 Å². The minimum atomic E-state index is 0.141. The number of hydrogen-bond acceptors (Lipinski definition) is 2. The van der Waals surface area contributed by atoms with Crippen molar-refractivity contribution in [3.8, 4) is 5.75 Å². The van der Waals surface area contributed by atoms with Crippen LogP contribution in [-0.2, 0) is 17.6 Å². The van der Waals surface area contributed by atoms with Crippen LogP contribution in [0.4, 0.5) is 0 Å². The van der Waals surface area contributed by atoms with Crippen molar-refractivity contribution in [3.63, 3.8) is 0 Å². The Morgan fingerprint density at radius 2 is 2.27 bits per heavy atom. The third kappa shape index (κ3) is 1.76. The molecule has 2 unspecified atom stereocenters.